The molecule has 0 spiro atoms. The molecular weight excluding hydrogens is 245 g/mol. The van der Waals surface area contributed by atoms with Crippen LogP contribution in [0.2, 0.25) is 0 Å². The number of halogens is 3. The van der Waals surface area contributed by atoms with E-state index in [4.69, 9.17) is 0 Å². The molecule has 2 aromatic heterocycles. The van der Waals surface area contributed by atoms with E-state index in [1.165, 1.54) is 6.20 Å². The van der Waals surface area contributed by atoms with E-state index in [1.807, 2.05) is 13.8 Å². The Bertz CT molecular complexity index is 545. The van der Waals surface area contributed by atoms with Gasteiger partial charge in [-0.2, -0.15) is 18.3 Å². The van der Waals surface area contributed by atoms with E-state index >= 15 is 0 Å². The van der Waals surface area contributed by atoms with Gasteiger partial charge in [0.1, 0.15) is 16.7 Å². The molecule has 0 aliphatic rings. The number of rotatable bonds is 3. The molecule has 0 saturated carbocycles. The van der Waals surface area contributed by atoms with E-state index < -0.39 is 11.9 Å². The van der Waals surface area contributed by atoms with E-state index in [-0.39, 0.29) is 5.52 Å². The molecule has 0 bridgehead atoms. The molecule has 2 N–H and O–H groups in total. The van der Waals surface area contributed by atoms with Crippen LogP contribution in [0.5, 0.6) is 0 Å². The summed E-state index contributed by atoms with van der Waals surface area (Å²) in [6, 6.07) is 1.00. The summed E-state index contributed by atoms with van der Waals surface area (Å²) >= 11 is 0. The average Bonchev–Trinajstić information content (AvgIpc) is 2.72. The lowest BCUT2D eigenvalue weighted by atomic mass is 10.2. The van der Waals surface area contributed by atoms with Crippen molar-refractivity contribution >= 4 is 16.7 Å². The molecule has 0 fully saturated rings. The molecule has 0 saturated heterocycles. The number of fused-ring (bicyclic) bond motifs is 1. The number of hydrogen-bond donors (Lipinski definition) is 2. The third-order valence-corrected chi connectivity index (χ3v) is 2.40. The van der Waals surface area contributed by atoms with Gasteiger partial charge in [-0.15, -0.1) is 0 Å². The van der Waals surface area contributed by atoms with Crippen LogP contribution in [0.1, 0.15) is 19.5 Å². The van der Waals surface area contributed by atoms with Gasteiger partial charge in [-0.3, -0.25) is 5.10 Å². The summed E-state index contributed by atoms with van der Waals surface area (Å²) < 4.78 is 38.0. The Hall–Kier alpha value is -1.79. The summed E-state index contributed by atoms with van der Waals surface area (Å²) in [5, 5.41) is 9.34. The lowest BCUT2D eigenvalue weighted by Crippen LogP contribution is -2.12. The number of hydrogen-bond acceptors (Lipinski definition) is 3. The normalized spacial score (nSPS) is 12.3. The third-order valence-electron chi connectivity index (χ3n) is 2.40. The molecule has 2 aromatic rings. The van der Waals surface area contributed by atoms with Crippen LogP contribution in [0.25, 0.3) is 11.0 Å². The summed E-state index contributed by atoms with van der Waals surface area (Å²) in [5.74, 6) is 0.325. The largest absolute Gasteiger partial charge is 0.433 e. The van der Waals surface area contributed by atoms with Crippen LogP contribution >= 0.6 is 0 Å². The Kier molecular flexibility index (Phi) is 3.14. The molecule has 4 nitrogen and oxygen atoms in total. The molecule has 98 valence electrons. The summed E-state index contributed by atoms with van der Waals surface area (Å²) in [7, 11) is 0. The number of nitrogens with zero attached hydrogens (tertiary/aromatic N) is 2. The Labute approximate surface area is 102 Å². The van der Waals surface area contributed by atoms with Gasteiger partial charge in [-0.25, -0.2) is 4.98 Å². The summed E-state index contributed by atoms with van der Waals surface area (Å²) in [6.45, 7) is 4.53. The number of pyridine rings is 1. The van der Waals surface area contributed by atoms with Crippen molar-refractivity contribution in [3.63, 3.8) is 0 Å². The smallest absolute Gasteiger partial charge is 0.383 e. The molecule has 0 amide bonds. The average molecular weight is 258 g/mol. The second-order valence-electron chi connectivity index (χ2n) is 4.46. The van der Waals surface area contributed by atoms with Crippen molar-refractivity contribution in [3.05, 3.63) is 18.0 Å². The van der Waals surface area contributed by atoms with Crippen molar-refractivity contribution in [2.24, 2.45) is 5.92 Å². The van der Waals surface area contributed by atoms with E-state index in [9.17, 15) is 13.2 Å². The number of aromatic amines is 1. The van der Waals surface area contributed by atoms with Crippen molar-refractivity contribution in [2.45, 2.75) is 20.0 Å². The predicted octanol–water partition coefficient (Wildman–Crippen LogP) is 3.04. The van der Waals surface area contributed by atoms with Gasteiger partial charge in [0.2, 0.25) is 0 Å². The van der Waals surface area contributed by atoms with Crippen LogP contribution in [0.4, 0.5) is 18.9 Å². The van der Waals surface area contributed by atoms with Crippen molar-refractivity contribution < 1.29 is 13.2 Å². The zero-order chi connectivity index (χ0) is 13.3. The van der Waals surface area contributed by atoms with Gasteiger partial charge < -0.3 is 5.32 Å². The van der Waals surface area contributed by atoms with Gasteiger partial charge in [0.25, 0.3) is 0 Å². The minimum absolute atomic E-state index is 0.205. The number of anilines is 1. The van der Waals surface area contributed by atoms with Crippen molar-refractivity contribution in [1.82, 2.24) is 15.2 Å². The molecule has 0 aliphatic carbocycles. The molecule has 0 atom stereocenters. The van der Waals surface area contributed by atoms with Gasteiger partial charge >= 0.3 is 6.18 Å². The van der Waals surface area contributed by atoms with E-state index in [1.54, 1.807) is 0 Å². The third kappa shape index (κ3) is 2.55. The second kappa shape index (κ2) is 4.47. The number of H-pyrrole nitrogens is 1. The monoisotopic (exact) mass is 258 g/mol. The standard InChI is InChI=1S/C11H13F3N4/c1-6(2)4-15-7-3-9(11(12,13)14)17-8-5-16-18-10(7)8/h3,5-6H,4H2,1-2H3,(H,15,17)(H,16,18). The Morgan fingerprint density at radius 2 is 2.11 bits per heavy atom. The van der Waals surface area contributed by atoms with Gasteiger partial charge in [0.05, 0.1) is 11.9 Å². The lowest BCUT2D eigenvalue weighted by molar-refractivity contribution is -0.140. The fraction of sp³-hybridized carbons (Fsp3) is 0.455. The highest BCUT2D eigenvalue weighted by Crippen LogP contribution is 2.32. The molecule has 0 aliphatic heterocycles. The van der Waals surface area contributed by atoms with Gasteiger partial charge in [-0.05, 0) is 12.0 Å². The van der Waals surface area contributed by atoms with Crippen LogP contribution in [0.3, 0.4) is 0 Å². The quantitative estimate of drug-likeness (QED) is 0.889. The van der Waals surface area contributed by atoms with Crippen molar-refractivity contribution in [2.75, 3.05) is 11.9 Å². The molecule has 0 unspecified atom stereocenters. The predicted molar refractivity (Wildman–Crippen MR) is 62.2 cm³/mol. The zero-order valence-corrected chi connectivity index (χ0v) is 9.97. The Balaban J connectivity index is 2.45. The Morgan fingerprint density at radius 3 is 2.72 bits per heavy atom. The maximum absolute atomic E-state index is 12.7. The molecular formula is C11H13F3N4. The zero-order valence-electron chi connectivity index (χ0n) is 9.97. The van der Waals surface area contributed by atoms with E-state index in [2.05, 4.69) is 20.5 Å². The van der Waals surface area contributed by atoms with Gasteiger partial charge in [-0.1, -0.05) is 13.8 Å². The van der Waals surface area contributed by atoms with Gasteiger partial charge in [0.15, 0.2) is 0 Å². The second-order valence-corrected chi connectivity index (χ2v) is 4.46. The van der Waals surface area contributed by atoms with Crippen LogP contribution in [0, 0.1) is 5.92 Å². The SMILES string of the molecule is CC(C)CNc1cc(C(F)(F)F)nc2cn[nH]c12. The molecule has 0 radical (unpaired) electrons. The highest BCUT2D eigenvalue weighted by atomic mass is 19.4. The first-order valence-corrected chi connectivity index (χ1v) is 5.53. The minimum Gasteiger partial charge on any atom is -0.383 e. The Morgan fingerprint density at radius 1 is 1.39 bits per heavy atom. The first kappa shape index (κ1) is 12.7. The molecule has 0 aromatic carbocycles. The van der Waals surface area contributed by atoms with Crippen molar-refractivity contribution in [1.29, 1.82) is 0 Å². The van der Waals surface area contributed by atoms with Crippen LogP contribution in [-0.4, -0.2) is 21.7 Å². The van der Waals surface area contributed by atoms with E-state index in [0.29, 0.717) is 23.7 Å². The number of nitrogens with one attached hydrogen (secondary N) is 2. The van der Waals surface area contributed by atoms with Crippen LogP contribution in [0.15, 0.2) is 12.3 Å². The van der Waals surface area contributed by atoms with Crippen LogP contribution < -0.4 is 5.32 Å². The topological polar surface area (TPSA) is 53.6 Å². The van der Waals surface area contributed by atoms with Crippen LogP contribution in [-0.2, 0) is 6.18 Å². The maximum atomic E-state index is 12.7. The van der Waals surface area contributed by atoms with Crippen molar-refractivity contribution in [3.8, 4) is 0 Å². The number of aromatic nitrogens is 3. The first-order valence-electron chi connectivity index (χ1n) is 5.53. The molecule has 2 rings (SSSR count). The molecule has 2 heterocycles. The minimum atomic E-state index is -4.46. The highest BCUT2D eigenvalue weighted by molar-refractivity contribution is 5.87. The van der Waals surface area contributed by atoms with E-state index in [0.717, 1.165) is 6.07 Å². The molecule has 18 heavy (non-hydrogen) atoms. The fourth-order valence-electron chi connectivity index (χ4n) is 1.53. The first-order chi connectivity index (χ1) is 8.38. The fourth-order valence-corrected chi connectivity index (χ4v) is 1.53. The summed E-state index contributed by atoms with van der Waals surface area (Å²) in [5.41, 5.74) is 0.154. The lowest BCUT2D eigenvalue weighted by Gasteiger charge is -2.12. The summed E-state index contributed by atoms with van der Waals surface area (Å²) in [6.07, 6.45) is -3.18. The summed E-state index contributed by atoms with van der Waals surface area (Å²) in [4.78, 5) is 3.54. The molecule has 7 heteroatoms. The number of alkyl halides is 3. The maximum Gasteiger partial charge on any atom is 0.433 e. The highest BCUT2D eigenvalue weighted by Gasteiger charge is 2.33. The van der Waals surface area contributed by atoms with Gasteiger partial charge in [0, 0.05) is 6.54 Å².